The van der Waals surface area contributed by atoms with Gasteiger partial charge < -0.3 is 14.4 Å². The zero-order valence-corrected chi connectivity index (χ0v) is 17.3. The summed E-state index contributed by atoms with van der Waals surface area (Å²) in [5.74, 6) is 3.09. The van der Waals surface area contributed by atoms with Crippen molar-refractivity contribution in [1.29, 1.82) is 0 Å². The molecule has 0 fully saturated rings. The van der Waals surface area contributed by atoms with Gasteiger partial charge in [-0.3, -0.25) is 0 Å². The molecule has 0 aliphatic heterocycles. The van der Waals surface area contributed by atoms with Crippen LogP contribution in [0.2, 0.25) is 0 Å². The molecule has 0 radical (unpaired) electrons. The fourth-order valence-corrected chi connectivity index (χ4v) is 3.18. The lowest BCUT2D eigenvalue weighted by Gasteiger charge is -2.22. The molecule has 2 rings (SSSR count). The van der Waals surface area contributed by atoms with Gasteiger partial charge in [0.15, 0.2) is 0 Å². The minimum Gasteiger partial charge on any atom is -0.496 e. The summed E-state index contributed by atoms with van der Waals surface area (Å²) in [4.78, 5) is 2.32. The summed E-state index contributed by atoms with van der Waals surface area (Å²) in [6.45, 7) is 11.9. The van der Waals surface area contributed by atoms with Gasteiger partial charge in [0.1, 0.15) is 17.2 Å². The highest BCUT2D eigenvalue weighted by Gasteiger charge is 2.13. The number of ether oxygens (including phenoxy) is 2. The topological polar surface area (TPSA) is 21.7 Å². The molecule has 0 bridgehead atoms. The van der Waals surface area contributed by atoms with Crippen LogP contribution in [0.4, 0.5) is 5.69 Å². The van der Waals surface area contributed by atoms with Gasteiger partial charge in [0, 0.05) is 24.8 Å². The standard InChI is InChI=1S/C23H33NO2/c1-8-9-12-24(6)19-13-17(4)23(18(5)14-19)26-20-10-11-22(25-7)21(15-20)16(2)3/h10-11,13-16H,8-9,12H2,1-7H3. The number of nitrogens with zero attached hydrogens (tertiary/aromatic N) is 1. The quantitative estimate of drug-likeness (QED) is 0.542. The third-order valence-corrected chi connectivity index (χ3v) is 4.78. The number of hydrogen-bond acceptors (Lipinski definition) is 3. The molecular weight excluding hydrogens is 322 g/mol. The van der Waals surface area contributed by atoms with Gasteiger partial charge in [0.05, 0.1) is 7.11 Å². The summed E-state index contributed by atoms with van der Waals surface area (Å²) >= 11 is 0. The number of aryl methyl sites for hydroxylation is 2. The van der Waals surface area contributed by atoms with Crippen molar-refractivity contribution in [3.05, 3.63) is 47.0 Å². The predicted molar refractivity (Wildman–Crippen MR) is 111 cm³/mol. The van der Waals surface area contributed by atoms with E-state index in [0.29, 0.717) is 5.92 Å². The van der Waals surface area contributed by atoms with E-state index in [4.69, 9.17) is 9.47 Å². The zero-order chi connectivity index (χ0) is 19.3. The molecule has 0 saturated heterocycles. The lowest BCUT2D eigenvalue weighted by atomic mass is 10.0. The highest BCUT2D eigenvalue weighted by atomic mass is 16.5. The molecule has 0 unspecified atom stereocenters. The molecule has 2 aromatic rings. The van der Waals surface area contributed by atoms with E-state index in [0.717, 1.165) is 40.5 Å². The van der Waals surface area contributed by atoms with E-state index in [1.807, 2.05) is 12.1 Å². The molecule has 0 aliphatic rings. The number of rotatable bonds is 8. The van der Waals surface area contributed by atoms with Crippen molar-refractivity contribution >= 4 is 5.69 Å². The van der Waals surface area contributed by atoms with Crippen LogP contribution in [0.1, 0.15) is 56.2 Å². The molecule has 0 N–H and O–H groups in total. The van der Waals surface area contributed by atoms with Crippen LogP contribution in [0.25, 0.3) is 0 Å². The van der Waals surface area contributed by atoms with E-state index in [-0.39, 0.29) is 0 Å². The van der Waals surface area contributed by atoms with E-state index >= 15 is 0 Å². The Kier molecular flexibility index (Phi) is 6.96. The first-order chi connectivity index (χ1) is 12.4. The van der Waals surface area contributed by atoms with E-state index in [1.165, 1.54) is 18.5 Å². The molecule has 2 aromatic carbocycles. The van der Waals surface area contributed by atoms with E-state index < -0.39 is 0 Å². The summed E-state index contributed by atoms with van der Waals surface area (Å²) in [5, 5.41) is 0. The molecule has 0 saturated carbocycles. The van der Waals surface area contributed by atoms with Crippen LogP contribution in [-0.4, -0.2) is 20.7 Å². The van der Waals surface area contributed by atoms with Crippen LogP contribution in [0.15, 0.2) is 30.3 Å². The van der Waals surface area contributed by atoms with Gasteiger partial charge in [-0.25, -0.2) is 0 Å². The predicted octanol–water partition coefficient (Wildman–Crippen LogP) is 6.46. The summed E-state index contributed by atoms with van der Waals surface area (Å²) in [7, 11) is 3.87. The summed E-state index contributed by atoms with van der Waals surface area (Å²) in [6.07, 6.45) is 2.41. The number of unbranched alkanes of at least 4 members (excludes halogenated alkanes) is 1. The Morgan fingerprint density at radius 3 is 2.23 bits per heavy atom. The normalized spacial score (nSPS) is 10.9. The van der Waals surface area contributed by atoms with Crippen LogP contribution in [0.5, 0.6) is 17.2 Å². The lowest BCUT2D eigenvalue weighted by Crippen LogP contribution is -2.18. The SMILES string of the molecule is CCCCN(C)c1cc(C)c(Oc2ccc(OC)c(C(C)C)c2)c(C)c1. The molecule has 0 amide bonds. The van der Waals surface area contributed by atoms with Gasteiger partial charge in [-0.1, -0.05) is 27.2 Å². The fourth-order valence-electron chi connectivity index (χ4n) is 3.18. The largest absolute Gasteiger partial charge is 0.496 e. The highest BCUT2D eigenvalue weighted by molar-refractivity contribution is 5.57. The van der Waals surface area contributed by atoms with Gasteiger partial charge in [-0.15, -0.1) is 0 Å². The van der Waals surface area contributed by atoms with Gasteiger partial charge in [-0.05, 0) is 67.6 Å². The van der Waals surface area contributed by atoms with Crippen molar-refractivity contribution in [3.8, 4) is 17.2 Å². The van der Waals surface area contributed by atoms with E-state index in [1.54, 1.807) is 7.11 Å². The van der Waals surface area contributed by atoms with Crippen LogP contribution >= 0.6 is 0 Å². The van der Waals surface area contributed by atoms with E-state index in [9.17, 15) is 0 Å². The average molecular weight is 356 g/mol. The molecule has 0 spiro atoms. The average Bonchev–Trinajstić information content (AvgIpc) is 2.62. The zero-order valence-electron chi connectivity index (χ0n) is 17.3. The first kappa shape index (κ1) is 20.2. The smallest absolute Gasteiger partial charge is 0.133 e. The van der Waals surface area contributed by atoms with Crippen molar-refractivity contribution in [2.24, 2.45) is 0 Å². The molecule has 0 atom stereocenters. The number of anilines is 1. The van der Waals surface area contributed by atoms with Gasteiger partial charge >= 0.3 is 0 Å². The molecule has 0 heterocycles. The molecule has 3 nitrogen and oxygen atoms in total. The Balaban J connectivity index is 2.28. The second-order valence-corrected chi connectivity index (χ2v) is 7.34. The molecule has 26 heavy (non-hydrogen) atoms. The van der Waals surface area contributed by atoms with Crippen molar-refractivity contribution in [2.45, 2.75) is 53.4 Å². The van der Waals surface area contributed by atoms with Crippen molar-refractivity contribution < 1.29 is 9.47 Å². The Labute approximate surface area is 158 Å². The molecule has 142 valence electrons. The van der Waals surface area contributed by atoms with Gasteiger partial charge in [-0.2, -0.15) is 0 Å². The Hall–Kier alpha value is -2.16. The Morgan fingerprint density at radius 1 is 1.04 bits per heavy atom. The molecular formula is C23H33NO2. The first-order valence-corrected chi connectivity index (χ1v) is 9.55. The van der Waals surface area contributed by atoms with Crippen LogP contribution in [0.3, 0.4) is 0 Å². The van der Waals surface area contributed by atoms with Crippen molar-refractivity contribution in [3.63, 3.8) is 0 Å². The maximum absolute atomic E-state index is 6.27. The van der Waals surface area contributed by atoms with Crippen molar-refractivity contribution in [1.82, 2.24) is 0 Å². The second-order valence-electron chi connectivity index (χ2n) is 7.34. The Morgan fingerprint density at radius 2 is 1.69 bits per heavy atom. The molecule has 0 aromatic heterocycles. The summed E-state index contributed by atoms with van der Waals surface area (Å²) in [5.41, 5.74) is 4.73. The minimum atomic E-state index is 0.380. The summed E-state index contributed by atoms with van der Waals surface area (Å²) < 4.78 is 11.7. The van der Waals surface area contributed by atoms with Crippen LogP contribution in [0, 0.1) is 13.8 Å². The van der Waals surface area contributed by atoms with Crippen LogP contribution in [-0.2, 0) is 0 Å². The maximum atomic E-state index is 6.27. The lowest BCUT2D eigenvalue weighted by molar-refractivity contribution is 0.405. The minimum absolute atomic E-state index is 0.380. The number of methoxy groups -OCH3 is 1. The second kappa shape index (κ2) is 8.98. The van der Waals surface area contributed by atoms with E-state index in [2.05, 4.69) is 64.8 Å². The maximum Gasteiger partial charge on any atom is 0.133 e. The third kappa shape index (κ3) is 4.72. The number of benzene rings is 2. The highest BCUT2D eigenvalue weighted by Crippen LogP contribution is 2.36. The third-order valence-electron chi connectivity index (χ3n) is 4.78. The first-order valence-electron chi connectivity index (χ1n) is 9.55. The Bertz CT molecular complexity index is 714. The fraction of sp³-hybridized carbons (Fsp3) is 0.478. The number of hydrogen-bond donors (Lipinski definition) is 0. The molecule has 0 aliphatic carbocycles. The monoisotopic (exact) mass is 355 g/mol. The van der Waals surface area contributed by atoms with Gasteiger partial charge in [0.2, 0.25) is 0 Å². The van der Waals surface area contributed by atoms with Crippen LogP contribution < -0.4 is 14.4 Å². The van der Waals surface area contributed by atoms with Crippen molar-refractivity contribution in [2.75, 3.05) is 25.6 Å². The molecule has 3 heteroatoms. The summed E-state index contributed by atoms with van der Waals surface area (Å²) in [6, 6.07) is 10.5. The van der Waals surface area contributed by atoms with Gasteiger partial charge in [0.25, 0.3) is 0 Å².